The number of amides is 1. The Morgan fingerprint density at radius 2 is 1.18 bits per heavy atom. The van der Waals surface area contributed by atoms with Gasteiger partial charge in [-0.3, -0.25) is 22.3 Å². The Morgan fingerprint density at radius 3 is 1.73 bits per heavy atom. The number of azo groups is 2. The van der Waals surface area contributed by atoms with Gasteiger partial charge >= 0.3 is 0 Å². The summed E-state index contributed by atoms with van der Waals surface area (Å²) in [6.07, 6.45) is 0. The Kier molecular flexibility index (Phi) is 16.8. The van der Waals surface area contributed by atoms with Crippen LogP contribution in [0.4, 0.5) is 50.1 Å². The molecule has 0 aliphatic heterocycles. The van der Waals surface area contributed by atoms with Gasteiger partial charge in [-0.1, -0.05) is 47.7 Å². The molecule has 29 heteroatoms. The van der Waals surface area contributed by atoms with Gasteiger partial charge in [0.05, 0.1) is 35.1 Å². The Bertz CT molecular complexity index is 4130. The van der Waals surface area contributed by atoms with Crippen LogP contribution in [-0.4, -0.2) is 67.9 Å². The third-order valence-corrected chi connectivity index (χ3v) is 15.7. The van der Waals surface area contributed by atoms with E-state index in [-0.39, 0.29) is 98.7 Å². The van der Waals surface area contributed by atoms with Crippen molar-refractivity contribution in [3.63, 3.8) is 0 Å². The number of thiophene rings is 1. The van der Waals surface area contributed by atoms with Gasteiger partial charge in [-0.15, -0.1) is 20.5 Å². The summed E-state index contributed by atoms with van der Waals surface area (Å²) >= 11 is 0.864. The summed E-state index contributed by atoms with van der Waals surface area (Å²) in [4.78, 5) is 17.9. The highest BCUT2D eigenvalue weighted by Gasteiger charge is 2.25. The average Bonchev–Trinajstić information content (AvgIpc) is 3.76. The van der Waals surface area contributed by atoms with Gasteiger partial charge in [0.1, 0.15) is 51.7 Å². The van der Waals surface area contributed by atoms with Crippen LogP contribution in [0.1, 0.15) is 43.7 Å². The smallest absolute Gasteiger partial charge is 0.296 e. The first-order chi connectivity index (χ1) is 36.5. The summed E-state index contributed by atoms with van der Waals surface area (Å²) in [6.45, 7) is 1.54. The first kappa shape index (κ1) is 56.1. The number of rotatable bonds is 19. The zero-order chi connectivity index (χ0) is 55.9. The van der Waals surface area contributed by atoms with Crippen LogP contribution in [0.5, 0.6) is 0 Å². The molecule has 5 N–H and O–H groups in total. The van der Waals surface area contributed by atoms with Crippen molar-refractivity contribution in [2.45, 2.75) is 28.2 Å². The summed E-state index contributed by atoms with van der Waals surface area (Å²) in [6, 6.07) is 32.6. The van der Waals surface area contributed by atoms with Gasteiger partial charge in [0, 0.05) is 33.8 Å². The number of nitrogens with one attached hydrogen (secondary N) is 3. The van der Waals surface area contributed by atoms with Gasteiger partial charge in [0.25, 0.3) is 46.4 Å². The SMILES string of the molecule is COS(=O)(=O)c1ccc(Nc2nc(Nc3ccc(S(=O)(=O)OC)cc3)c(N=Nc3sc(N=Nc4ccccc4C#N)c(-c4ccc(NC(=O)c5ccc(CS(=O)(=O)O)cc5CS(=O)(=O)O)cc4)c3C#N)c(C)c2C#N)cc1. The molecule has 2 heterocycles. The highest BCUT2D eigenvalue weighted by Crippen LogP contribution is 2.49. The molecular weight excluding hydrogens is 1100 g/mol. The molecule has 0 bridgehead atoms. The Morgan fingerprint density at radius 1 is 0.636 bits per heavy atom. The number of hydrogen-bond donors (Lipinski definition) is 5. The van der Waals surface area contributed by atoms with E-state index in [2.05, 4.69) is 61.9 Å². The maximum absolute atomic E-state index is 13.5. The number of anilines is 5. The van der Waals surface area contributed by atoms with Crippen molar-refractivity contribution >= 4 is 108 Å². The minimum atomic E-state index is -4.73. The van der Waals surface area contributed by atoms with Crippen molar-refractivity contribution in [1.82, 2.24) is 4.98 Å². The largest absolute Gasteiger partial charge is 0.339 e. The summed E-state index contributed by atoms with van der Waals surface area (Å²) in [7, 11) is -15.4. The van der Waals surface area contributed by atoms with Crippen LogP contribution < -0.4 is 16.0 Å². The van der Waals surface area contributed by atoms with E-state index < -0.39 is 57.9 Å². The Hall–Kier alpha value is -8.67. The van der Waals surface area contributed by atoms with Gasteiger partial charge in [-0.05, 0) is 102 Å². The van der Waals surface area contributed by atoms with Gasteiger partial charge in [0.2, 0.25) is 0 Å². The normalized spacial score (nSPS) is 12.0. The molecule has 0 fully saturated rings. The van der Waals surface area contributed by atoms with Crippen LogP contribution in [0.3, 0.4) is 0 Å². The van der Waals surface area contributed by atoms with Crippen LogP contribution in [0.2, 0.25) is 0 Å². The lowest BCUT2D eigenvalue weighted by atomic mass is 10.0. The van der Waals surface area contributed by atoms with Crippen molar-refractivity contribution in [3.05, 3.63) is 154 Å². The molecule has 0 radical (unpaired) electrons. The number of hydrogen-bond acceptors (Lipinski definition) is 22. The highest BCUT2D eigenvalue weighted by atomic mass is 32.2. The zero-order valence-corrected chi connectivity index (χ0v) is 44.0. The first-order valence-corrected chi connectivity index (χ1v) is 28.4. The number of carbonyl (C=O) groups is 1. The first-order valence-electron chi connectivity index (χ1n) is 21.6. The molecule has 77 heavy (non-hydrogen) atoms. The minimum Gasteiger partial charge on any atom is -0.339 e. The van der Waals surface area contributed by atoms with Crippen LogP contribution in [0, 0.1) is 40.9 Å². The van der Waals surface area contributed by atoms with E-state index in [0.717, 1.165) is 37.7 Å². The number of aromatic nitrogens is 1. The van der Waals surface area contributed by atoms with Crippen molar-refractivity contribution in [3.8, 4) is 29.3 Å². The van der Waals surface area contributed by atoms with Crippen molar-refractivity contribution in [1.29, 1.82) is 15.8 Å². The minimum absolute atomic E-state index is 0.0179. The summed E-state index contributed by atoms with van der Waals surface area (Å²) in [5.41, 5.74) is 1.12. The standard InChI is InChI=1S/C48H37N11O13S5/c1-28-39(24-50)44(52-33-13-17-36(18-14-33)76(67,68)71-2)55-45(53-34-15-19-37(20-16-34)77(69,70)72-3)43(28)57-58-47-40(25-51)42(48(73-47)59-56-41-7-5-4-6-31(41)23-49)30-9-11-35(12-10-30)54-46(60)38-21-8-29(26-74(61,62)63)22-32(38)27-75(64,65)66/h4-22H,26-27H2,1-3H3,(H,54,60)(H2,52,53,55)(H,61,62,63)(H,64,65,66). The Balaban J connectivity index is 1.31. The summed E-state index contributed by atoms with van der Waals surface area (Å²) < 4.78 is 124. The highest BCUT2D eigenvalue weighted by molar-refractivity contribution is 7.87. The van der Waals surface area contributed by atoms with Crippen molar-refractivity contribution in [2.75, 3.05) is 30.2 Å². The van der Waals surface area contributed by atoms with Gasteiger partial charge in [0.15, 0.2) is 16.6 Å². The van der Waals surface area contributed by atoms with Crippen LogP contribution >= 0.6 is 11.3 Å². The van der Waals surface area contributed by atoms with E-state index in [1.807, 2.05) is 6.07 Å². The lowest BCUT2D eigenvalue weighted by Crippen LogP contribution is -2.16. The number of carbonyl (C=O) groups excluding carboxylic acids is 1. The molecule has 7 rings (SSSR count). The fourth-order valence-corrected chi connectivity index (χ4v) is 10.7. The van der Waals surface area contributed by atoms with E-state index in [1.165, 1.54) is 84.9 Å². The second-order valence-electron chi connectivity index (χ2n) is 15.9. The van der Waals surface area contributed by atoms with E-state index in [0.29, 0.717) is 11.3 Å². The second kappa shape index (κ2) is 23.1. The molecule has 392 valence electrons. The average molecular weight is 1140 g/mol. The third kappa shape index (κ3) is 13.6. The van der Waals surface area contributed by atoms with Crippen molar-refractivity contribution < 1.29 is 55.9 Å². The molecule has 0 aliphatic carbocycles. The van der Waals surface area contributed by atoms with Gasteiger partial charge in [-0.25, -0.2) is 4.98 Å². The Labute approximate surface area is 444 Å². The quantitative estimate of drug-likeness (QED) is 0.0285. The summed E-state index contributed by atoms with van der Waals surface area (Å²) in [5.74, 6) is -2.87. The van der Waals surface area contributed by atoms with Crippen LogP contribution in [-0.2, 0) is 60.3 Å². The molecule has 0 saturated carbocycles. The fraction of sp³-hybridized carbons (Fsp3) is 0.104. The molecule has 0 unspecified atom stereocenters. The molecule has 1 amide bonds. The van der Waals surface area contributed by atoms with Gasteiger partial charge in [-0.2, -0.15) is 49.5 Å². The molecular formula is C48H37N11O13S5. The lowest BCUT2D eigenvalue weighted by molar-refractivity contribution is 0.102. The van der Waals surface area contributed by atoms with Crippen LogP contribution in [0.25, 0.3) is 11.1 Å². The maximum Gasteiger partial charge on any atom is 0.296 e. The number of pyridine rings is 1. The maximum atomic E-state index is 13.5. The molecule has 0 atom stereocenters. The molecule has 24 nitrogen and oxygen atoms in total. The number of benzene rings is 5. The molecule has 2 aromatic heterocycles. The van der Waals surface area contributed by atoms with E-state index in [9.17, 15) is 63.4 Å². The summed E-state index contributed by atoms with van der Waals surface area (Å²) in [5, 5.41) is 57.5. The van der Waals surface area contributed by atoms with E-state index >= 15 is 0 Å². The number of nitrogens with zero attached hydrogens (tertiary/aromatic N) is 8. The molecule has 0 saturated heterocycles. The van der Waals surface area contributed by atoms with Crippen molar-refractivity contribution in [2.24, 2.45) is 20.5 Å². The molecule has 0 spiro atoms. The number of nitriles is 3. The topological polar surface area (TPSA) is 382 Å². The monoisotopic (exact) mass is 1140 g/mol. The van der Waals surface area contributed by atoms with E-state index in [1.54, 1.807) is 25.1 Å². The van der Waals surface area contributed by atoms with E-state index in [4.69, 9.17) is 0 Å². The second-order valence-corrected chi connectivity index (χ2v) is 23.2. The molecule has 7 aromatic rings. The van der Waals surface area contributed by atoms with Crippen LogP contribution in [0.15, 0.2) is 146 Å². The van der Waals surface area contributed by atoms with Gasteiger partial charge < -0.3 is 16.0 Å². The fourth-order valence-electron chi connectivity index (χ4n) is 7.18. The lowest BCUT2D eigenvalue weighted by Gasteiger charge is -2.16. The third-order valence-electron chi connectivity index (χ3n) is 10.8. The zero-order valence-electron chi connectivity index (χ0n) is 39.9. The molecule has 0 aliphatic rings. The predicted octanol–water partition coefficient (Wildman–Crippen LogP) is 9.75. The predicted molar refractivity (Wildman–Crippen MR) is 280 cm³/mol. The molecule has 5 aromatic carbocycles.